The van der Waals surface area contributed by atoms with Gasteiger partial charge >= 0.3 is 0 Å². The Morgan fingerprint density at radius 2 is 2.16 bits per heavy atom. The van der Waals surface area contributed by atoms with Crippen molar-refractivity contribution in [3.63, 3.8) is 0 Å². The van der Waals surface area contributed by atoms with Crippen LogP contribution in [0.1, 0.15) is 17.3 Å². The quantitative estimate of drug-likeness (QED) is 0.736. The van der Waals surface area contributed by atoms with E-state index in [1.54, 1.807) is 0 Å². The zero-order valence-corrected chi connectivity index (χ0v) is 10.8. The standard InChI is InChI=1S/C12H11ClN2O4/c1-6-11(18)14-10(17)5-15(6)12(19)8-3-2-7(13)4-9(8)16/h2-4,6,16H,5H2,1H3,(H,14,17,18). The lowest BCUT2D eigenvalue weighted by molar-refractivity contribution is -0.138. The van der Waals surface area contributed by atoms with E-state index in [1.165, 1.54) is 25.1 Å². The number of nitrogens with one attached hydrogen (secondary N) is 1. The normalized spacial score (nSPS) is 19.3. The van der Waals surface area contributed by atoms with Crippen molar-refractivity contribution < 1.29 is 19.5 Å². The highest BCUT2D eigenvalue weighted by Crippen LogP contribution is 2.24. The number of nitrogens with zero attached hydrogens (tertiary/aromatic N) is 1. The highest BCUT2D eigenvalue weighted by molar-refractivity contribution is 6.30. The molecular formula is C12H11ClN2O4. The second kappa shape index (κ2) is 4.89. The number of hydrogen-bond donors (Lipinski definition) is 2. The molecule has 1 aromatic carbocycles. The van der Waals surface area contributed by atoms with Gasteiger partial charge in [0, 0.05) is 5.02 Å². The third-order valence-corrected chi connectivity index (χ3v) is 3.11. The number of carbonyl (C=O) groups is 3. The van der Waals surface area contributed by atoms with E-state index >= 15 is 0 Å². The summed E-state index contributed by atoms with van der Waals surface area (Å²) in [7, 11) is 0. The van der Waals surface area contributed by atoms with Crippen molar-refractivity contribution in [1.29, 1.82) is 0 Å². The van der Waals surface area contributed by atoms with Gasteiger partial charge in [0.05, 0.1) is 5.56 Å². The van der Waals surface area contributed by atoms with E-state index in [4.69, 9.17) is 11.6 Å². The van der Waals surface area contributed by atoms with Gasteiger partial charge in [-0.2, -0.15) is 0 Å². The molecule has 0 radical (unpaired) electrons. The van der Waals surface area contributed by atoms with Crippen LogP contribution < -0.4 is 5.32 Å². The van der Waals surface area contributed by atoms with Crippen molar-refractivity contribution in [2.75, 3.05) is 6.54 Å². The monoisotopic (exact) mass is 282 g/mol. The Kier molecular flexibility index (Phi) is 3.44. The smallest absolute Gasteiger partial charge is 0.258 e. The number of carbonyl (C=O) groups excluding carboxylic acids is 3. The van der Waals surface area contributed by atoms with Gasteiger partial charge < -0.3 is 10.0 Å². The fourth-order valence-corrected chi connectivity index (χ4v) is 1.97. The van der Waals surface area contributed by atoms with Crippen molar-refractivity contribution in [2.24, 2.45) is 0 Å². The Morgan fingerprint density at radius 1 is 1.47 bits per heavy atom. The summed E-state index contributed by atoms with van der Waals surface area (Å²) in [5.41, 5.74) is -0.00116. The van der Waals surface area contributed by atoms with E-state index in [9.17, 15) is 19.5 Å². The minimum atomic E-state index is -0.778. The fourth-order valence-electron chi connectivity index (χ4n) is 1.80. The Morgan fingerprint density at radius 3 is 2.79 bits per heavy atom. The summed E-state index contributed by atoms with van der Waals surface area (Å²) in [6.45, 7) is 1.28. The maximum absolute atomic E-state index is 12.2. The van der Waals surface area contributed by atoms with Gasteiger partial charge in [0.25, 0.3) is 5.91 Å². The molecule has 3 amide bonds. The van der Waals surface area contributed by atoms with Crippen LogP contribution in [0, 0.1) is 0 Å². The second-order valence-corrected chi connectivity index (χ2v) is 4.62. The van der Waals surface area contributed by atoms with Gasteiger partial charge in [0.1, 0.15) is 18.3 Å². The molecule has 2 N–H and O–H groups in total. The van der Waals surface area contributed by atoms with Crippen LogP contribution in [0.15, 0.2) is 18.2 Å². The minimum Gasteiger partial charge on any atom is -0.507 e. The molecule has 100 valence electrons. The molecule has 7 heteroatoms. The number of hydrogen-bond acceptors (Lipinski definition) is 4. The van der Waals surface area contributed by atoms with E-state index in [0.717, 1.165) is 4.90 Å². The van der Waals surface area contributed by atoms with Crippen molar-refractivity contribution >= 4 is 29.3 Å². The summed E-state index contributed by atoms with van der Waals surface area (Å²) >= 11 is 5.68. The Hall–Kier alpha value is -2.08. The van der Waals surface area contributed by atoms with Gasteiger partial charge in [0.15, 0.2) is 0 Å². The van der Waals surface area contributed by atoms with Crippen LogP contribution in [0.3, 0.4) is 0 Å². The van der Waals surface area contributed by atoms with E-state index < -0.39 is 23.8 Å². The number of piperazine rings is 1. The van der Waals surface area contributed by atoms with E-state index in [2.05, 4.69) is 5.32 Å². The predicted molar refractivity (Wildman–Crippen MR) is 66.8 cm³/mol. The first-order chi connectivity index (χ1) is 8.90. The van der Waals surface area contributed by atoms with Crippen molar-refractivity contribution in [2.45, 2.75) is 13.0 Å². The Labute approximate surface area is 114 Å². The molecule has 1 aliphatic heterocycles. The fraction of sp³-hybridized carbons (Fsp3) is 0.250. The Balaban J connectivity index is 2.32. The van der Waals surface area contributed by atoms with Gasteiger partial charge in [-0.15, -0.1) is 0 Å². The number of aromatic hydroxyl groups is 1. The lowest BCUT2D eigenvalue weighted by atomic mass is 10.1. The molecule has 6 nitrogen and oxygen atoms in total. The first-order valence-corrected chi connectivity index (χ1v) is 5.91. The number of halogens is 1. The third-order valence-electron chi connectivity index (χ3n) is 2.87. The number of phenolic OH excluding ortho intramolecular Hbond substituents is 1. The summed E-state index contributed by atoms with van der Waals surface area (Å²) in [5.74, 6) is -1.98. The molecule has 0 spiro atoms. The van der Waals surface area contributed by atoms with Crippen LogP contribution >= 0.6 is 11.6 Å². The molecule has 0 saturated carbocycles. The van der Waals surface area contributed by atoms with Crippen LogP contribution in [0.5, 0.6) is 5.75 Å². The van der Waals surface area contributed by atoms with Crippen LogP contribution in [0.25, 0.3) is 0 Å². The van der Waals surface area contributed by atoms with Crippen LogP contribution in [0.2, 0.25) is 5.02 Å². The molecular weight excluding hydrogens is 272 g/mol. The van der Waals surface area contributed by atoms with Gasteiger partial charge in [0.2, 0.25) is 11.8 Å². The molecule has 2 rings (SSSR count). The van der Waals surface area contributed by atoms with Crippen molar-refractivity contribution in [3.8, 4) is 5.75 Å². The highest BCUT2D eigenvalue weighted by atomic mass is 35.5. The van der Waals surface area contributed by atoms with Crippen LogP contribution in [-0.4, -0.2) is 40.3 Å². The maximum Gasteiger partial charge on any atom is 0.258 e. The zero-order chi connectivity index (χ0) is 14.2. The van der Waals surface area contributed by atoms with Crippen molar-refractivity contribution in [1.82, 2.24) is 10.2 Å². The summed E-state index contributed by atoms with van der Waals surface area (Å²) < 4.78 is 0. The summed E-state index contributed by atoms with van der Waals surface area (Å²) in [4.78, 5) is 36.1. The Bertz CT molecular complexity index is 573. The number of benzene rings is 1. The number of phenols is 1. The van der Waals surface area contributed by atoms with Crippen LogP contribution in [-0.2, 0) is 9.59 Å². The molecule has 1 aromatic rings. The number of amides is 3. The van der Waals surface area contributed by atoms with E-state index in [1.807, 2.05) is 0 Å². The van der Waals surface area contributed by atoms with E-state index in [-0.39, 0.29) is 22.9 Å². The van der Waals surface area contributed by atoms with Crippen molar-refractivity contribution in [3.05, 3.63) is 28.8 Å². The second-order valence-electron chi connectivity index (χ2n) is 4.18. The lowest BCUT2D eigenvalue weighted by Crippen LogP contribution is -2.58. The van der Waals surface area contributed by atoms with Gasteiger partial charge in [-0.3, -0.25) is 19.7 Å². The topological polar surface area (TPSA) is 86.7 Å². The maximum atomic E-state index is 12.2. The summed E-state index contributed by atoms with van der Waals surface area (Å²) in [5, 5.41) is 12.1. The SMILES string of the molecule is CC1C(=O)NC(=O)CN1C(=O)c1ccc(Cl)cc1O. The van der Waals surface area contributed by atoms with Gasteiger partial charge in [-0.05, 0) is 25.1 Å². The molecule has 1 unspecified atom stereocenters. The molecule has 0 aliphatic carbocycles. The van der Waals surface area contributed by atoms with Gasteiger partial charge in [-0.1, -0.05) is 11.6 Å². The first-order valence-electron chi connectivity index (χ1n) is 5.53. The number of imide groups is 1. The molecule has 1 aliphatic rings. The zero-order valence-electron chi connectivity index (χ0n) is 10.0. The molecule has 19 heavy (non-hydrogen) atoms. The third kappa shape index (κ3) is 2.53. The van der Waals surface area contributed by atoms with E-state index in [0.29, 0.717) is 0 Å². The number of rotatable bonds is 1. The molecule has 0 bridgehead atoms. The first kappa shape index (κ1) is 13.4. The molecule has 1 heterocycles. The molecule has 1 saturated heterocycles. The largest absolute Gasteiger partial charge is 0.507 e. The van der Waals surface area contributed by atoms with Gasteiger partial charge in [-0.25, -0.2) is 0 Å². The minimum absolute atomic E-state index is 0.00116. The lowest BCUT2D eigenvalue weighted by Gasteiger charge is -2.31. The predicted octanol–water partition coefficient (Wildman–Crippen LogP) is 0.533. The summed E-state index contributed by atoms with van der Waals surface area (Å²) in [6.07, 6.45) is 0. The molecule has 1 fully saturated rings. The average Bonchev–Trinajstić information content (AvgIpc) is 2.33. The summed E-state index contributed by atoms with van der Waals surface area (Å²) in [6, 6.07) is 3.25. The van der Waals surface area contributed by atoms with Crippen LogP contribution in [0.4, 0.5) is 0 Å². The molecule has 0 aromatic heterocycles. The highest BCUT2D eigenvalue weighted by Gasteiger charge is 2.34. The molecule has 1 atom stereocenters. The average molecular weight is 283 g/mol.